The van der Waals surface area contributed by atoms with Gasteiger partial charge in [-0.1, -0.05) is 0 Å². The first kappa shape index (κ1) is 13.3. The van der Waals surface area contributed by atoms with Gasteiger partial charge in [0, 0.05) is 25.2 Å². The number of nitrogens with zero attached hydrogens (tertiary/aromatic N) is 3. The molecule has 1 aromatic rings. The van der Waals surface area contributed by atoms with E-state index in [2.05, 4.69) is 27.9 Å². The number of amides is 1. The van der Waals surface area contributed by atoms with E-state index < -0.39 is 0 Å². The van der Waals surface area contributed by atoms with E-state index in [1.807, 2.05) is 4.90 Å². The molecule has 1 amide bonds. The molecule has 16 heavy (non-hydrogen) atoms. The van der Waals surface area contributed by atoms with E-state index in [9.17, 15) is 4.79 Å². The third kappa shape index (κ3) is 2.90. The Morgan fingerprint density at radius 3 is 2.62 bits per heavy atom. The quantitative estimate of drug-likeness (QED) is 0.813. The van der Waals surface area contributed by atoms with Crippen LogP contribution in [0.25, 0.3) is 0 Å². The molecule has 0 bridgehead atoms. The summed E-state index contributed by atoms with van der Waals surface area (Å²) in [5.74, 6) is -0.0102. The van der Waals surface area contributed by atoms with Gasteiger partial charge in [-0.3, -0.25) is 4.79 Å². The number of carbonyl (C=O) groups excluding carboxylic acids is 1. The second-order valence-electron chi connectivity index (χ2n) is 3.97. The van der Waals surface area contributed by atoms with Gasteiger partial charge in [0.1, 0.15) is 0 Å². The Labute approximate surface area is 105 Å². The molecule has 1 aliphatic rings. The van der Waals surface area contributed by atoms with Crippen LogP contribution < -0.4 is 5.32 Å². The Balaban J connectivity index is 0.00000128. The smallest absolute Gasteiger partial charge is 0.275 e. The molecular formula is C9H15ClN4OS. The number of hydrogen-bond acceptors (Lipinski definition) is 5. The zero-order valence-electron chi connectivity index (χ0n) is 9.21. The van der Waals surface area contributed by atoms with Crippen molar-refractivity contribution < 1.29 is 4.79 Å². The van der Waals surface area contributed by atoms with Crippen LogP contribution in [0.2, 0.25) is 0 Å². The van der Waals surface area contributed by atoms with Crippen LogP contribution in [0, 0.1) is 0 Å². The molecule has 0 radical (unpaired) electrons. The highest BCUT2D eigenvalue weighted by Gasteiger charge is 2.26. The lowest BCUT2D eigenvalue weighted by Gasteiger charge is -2.35. The molecule has 1 saturated heterocycles. The van der Waals surface area contributed by atoms with Gasteiger partial charge in [-0.05, 0) is 13.8 Å². The van der Waals surface area contributed by atoms with Gasteiger partial charge >= 0.3 is 0 Å². The van der Waals surface area contributed by atoms with Crippen molar-refractivity contribution in [3.05, 3.63) is 11.9 Å². The summed E-state index contributed by atoms with van der Waals surface area (Å²) in [6, 6.07) is 0.675. The average molecular weight is 263 g/mol. The number of aromatic nitrogens is 2. The van der Waals surface area contributed by atoms with Crippen LogP contribution in [0.5, 0.6) is 0 Å². The fraction of sp³-hybridized carbons (Fsp3) is 0.667. The van der Waals surface area contributed by atoms with E-state index >= 15 is 0 Å². The first-order chi connectivity index (χ1) is 7.16. The van der Waals surface area contributed by atoms with Gasteiger partial charge in [-0.2, -0.15) is 8.75 Å². The van der Waals surface area contributed by atoms with Gasteiger partial charge in [0.05, 0.1) is 17.9 Å². The minimum atomic E-state index is -0.0102. The zero-order valence-corrected chi connectivity index (χ0v) is 10.8. The van der Waals surface area contributed by atoms with Crippen LogP contribution in [-0.2, 0) is 0 Å². The highest BCUT2D eigenvalue weighted by Crippen LogP contribution is 2.08. The lowest BCUT2D eigenvalue weighted by Crippen LogP contribution is -2.55. The lowest BCUT2D eigenvalue weighted by atomic mass is 10.1. The monoisotopic (exact) mass is 262 g/mol. The van der Waals surface area contributed by atoms with Crippen LogP contribution in [0.1, 0.15) is 24.3 Å². The molecule has 0 saturated carbocycles. The van der Waals surface area contributed by atoms with E-state index in [0.29, 0.717) is 17.8 Å². The molecule has 2 unspecified atom stereocenters. The highest BCUT2D eigenvalue weighted by molar-refractivity contribution is 6.99. The van der Waals surface area contributed by atoms with E-state index in [4.69, 9.17) is 0 Å². The SMILES string of the molecule is CC1CN(C(=O)c2cnsn2)CC(C)N1.Cl. The standard InChI is InChI=1S/C9H14N4OS.ClH/c1-6-4-13(5-7(2)11-6)9(14)8-3-10-15-12-8;/h3,6-7,11H,4-5H2,1-2H3;1H. The van der Waals surface area contributed by atoms with Crippen LogP contribution in [0.15, 0.2) is 6.20 Å². The third-order valence-electron chi connectivity index (χ3n) is 2.43. The van der Waals surface area contributed by atoms with Gasteiger partial charge in [0.15, 0.2) is 5.69 Å². The Morgan fingerprint density at radius 2 is 2.12 bits per heavy atom. The van der Waals surface area contributed by atoms with Crippen molar-refractivity contribution in [2.75, 3.05) is 13.1 Å². The Bertz CT molecular complexity index is 335. The molecule has 5 nitrogen and oxygen atoms in total. The molecular weight excluding hydrogens is 248 g/mol. The van der Waals surface area contributed by atoms with E-state index in [-0.39, 0.29) is 18.3 Å². The number of piperazine rings is 1. The van der Waals surface area contributed by atoms with Gasteiger partial charge in [0.25, 0.3) is 5.91 Å². The van der Waals surface area contributed by atoms with Crippen molar-refractivity contribution in [1.29, 1.82) is 0 Å². The fourth-order valence-corrected chi connectivity index (χ4v) is 2.32. The maximum atomic E-state index is 12.0. The van der Waals surface area contributed by atoms with Crippen molar-refractivity contribution in [3.8, 4) is 0 Å². The van der Waals surface area contributed by atoms with Crippen LogP contribution in [0.3, 0.4) is 0 Å². The third-order valence-corrected chi connectivity index (χ3v) is 2.90. The minimum absolute atomic E-state index is 0. The minimum Gasteiger partial charge on any atom is -0.334 e. The normalized spacial score (nSPS) is 25.0. The van der Waals surface area contributed by atoms with Crippen molar-refractivity contribution in [2.45, 2.75) is 25.9 Å². The summed E-state index contributed by atoms with van der Waals surface area (Å²) in [5.41, 5.74) is 0.460. The molecule has 1 aromatic heterocycles. The summed E-state index contributed by atoms with van der Waals surface area (Å²) in [6.45, 7) is 5.63. The van der Waals surface area contributed by atoms with E-state index in [1.165, 1.54) is 6.20 Å². The topological polar surface area (TPSA) is 58.1 Å². The van der Waals surface area contributed by atoms with Crippen LogP contribution in [0.4, 0.5) is 0 Å². The predicted molar refractivity (Wildman–Crippen MR) is 65.1 cm³/mol. The number of carbonyl (C=O) groups is 1. The Morgan fingerprint density at radius 1 is 1.50 bits per heavy atom. The van der Waals surface area contributed by atoms with E-state index in [0.717, 1.165) is 24.8 Å². The van der Waals surface area contributed by atoms with E-state index in [1.54, 1.807) is 0 Å². The van der Waals surface area contributed by atoms with Gasteiger partial charge in [0.2, 0.25) is 0 Å². The number of hydrogen-bond donors (Lipinski definition) is 1. The number of halogens is 1. The fourth-order valence-electron chi connectivity index (χ4n) is 1.91. The zero-order chi connectivity index (χ0) is 10.8. The molecule has 1 N–H and O–H groups in total. The van der Waals surface area contributed by atoms with Crippen molar-refractivity contribution in [2.24, 2.45) is 0 Å². The summed E-state index contributed by atoms with van der Waals surface area (Å²) in [7, 11) is 0. The summed E-state index contributed by atoms with van der Waals surface area (Å²) in [6.07, 6.45) is 1.53. The van der Waals surface area contributed by atoms with Gasteiger partial charge < -0.3 is 10.2 Å². The number of nitrogens with one attached hydrogen (secondary N) is 1. The van der Waals surface area contributed by atoms with Crippen LogP contribution >= 0.6 is 24.1 Å². The molecule has 1 aliphatic heterocycles. The molecule has 1 fully saturated rings. The molecule has 2 rings (SSSR count). The molecule has 7 heteroatoms. The van der Waals surface area contributed by atoms with Gasteiger partial charge in [-0.15, -0.1) is 12.4 Å². The van der Waals surface area contributed by atoms with Crippen molar-refractivity contribution in [3.63, 3.8) is 0 Å². The lowest BCUT2D eigenvalue weighted by molar-refractivity contribution is 0.0669. The second-order valence-corrected chi connectivity index (χ2v) is 4.53. The molecule has 0 aliphatic carbocycles. The molecule has 2 atom stereocenters. The molecule has 2 heterocycles. The highest BCUT2D eigenvalue weighted by atomic mass is 35.5. The summed E-state index contributed by atoms with van der Waals surface area (Å²) < 4.78 is 7.80. The van der Waals surface area contributed by atoms with Crippen molar-refractivity contribution in [1.82, 2.24) is 19.0 Å². The molecule has 0 aromatic carbocycles. The molecule has 90 valence electrons. The van der Waals surface area contributed by atoms with Gasteiger partial charge in [-0.25, -0.2) is 0 Å². The summed E-state index contributed by atoms with van der Waals surface area (Å²) in [4.78, 5) is 13.8. The second kappa shape index (κ2) is 5.56. The Kier molecular flexibility index (Phi) is 4.64. The summed E-state index contributed by atoms with van der Waals surface area (Å²) >= 11 is 1.07. The average Bonchev–Trinajstić information content (AvgIpc) is 2.67. The maximum absolute atomic E-state index is 12.0. The Hall–Kier alpha value is -0.720. The first-order valence-electron chi connectivity index (χ1n) is 4.99. The largest absolute Gasteiger partial charge is 0.334 e. The summed E-state index contributed by atoms with van der Waals surface area (Å²) in [5, 5.41) is 3.38. The first-order valence-corrected chi connectivity index (χ1v) is 5.72. The maximum Gasteiger partial charge on any atom is 0.275 e. The predicted octanol–water partition coefficient (Wildman–Crippen LogP) is 0.782. The van der Waals surface area contributed by atoms with Crippen LogP contribution in [-0.4, -0.2) is 44.7 Å². The van der Waals surface area contributed by atoms with Crippen molar-refractivity contribution >= 4 is 30.0 Å². The molecule has 0 spiro atoms. The number of rotatable bonds is 1.